The van der Waals surface area contributed by atoms with Gasteiger partial charge in [-0.1, -0.05) is 40.9 Å². The predicted octanol–water partition coefficient (Wildman–Crippen LogP) is 7.60. The molecule has 0 saturated heterocycles. The van der Waals surface area contributed by atoms with Crippen LogP contribution in [0.15, 0.2) is 54.6 Å². The minimum absolute atomic E-state index is 0.0453. The number of ether oxygens (including phenoxy) is 2. The van der Waals surface area contributed by atoms with Gasteiger partial charge in [-0.3, -0.25) is 10.1 Å². The molecule has 0 aliphatic carbocycles. The molecular weight excluding hydrogens is 487 g/mol. The fraction of sp³-hybridized carbons (Fsp3) is 0.125. The number of non-ortho nitro benzene ring substituents is 1. The second-order valence-corrected chi connectivity index (χ2v) is 7.92. The van der Waals surface area contributed by atoms with Crippen LogP contribution in [0.2, 0.25) is 15.1 Å². The van der Waals surface area contributed by atoms with Crippen LogP contribution < -0.4 is 9.47 Å². The summed E-state index contributed by atoms with van der Waals surface area (Å²) in [6.07, 6.45) is 1.66. The van der Waals surface area contributed by atoms with E-state index in [2.05, 4.69) is 6.07 Å². The number of hydrogen-bond acceptors (Lipinski definition) is 5. The first-order chi connectivity index (χ1) is 15.8. The van der Waals surface area contributed by atoms with Gasteiger partial charge in [-0.25, -0.2) is 0 Å². The van der Waals surface area contributed by atoms with Crippen LogP contribution in [-0.4, -0.2) is 11.5 Å². The molecule has 0 N–H and O–H groups in total. The Morgan fingerprint density at radius 1 is 1.03 bits per heavy atom. The molecule has 0 spiro atoms. The van der Waals surface area contributed by atoms with Crippen molar-refractivity contribution in [1.82, 2.24) is 0 Å². The van der Waals surface area contributed by atoms with Gasteiger partial charge < -0.3 is 9.47 Å². The largest absolute Gasteiger partial charge is 0.490 e. The van der Waals surface area contributed by atoms with E-state index in [0.717, 1.165) is 0 Å². The minimum atomic E-state index is -0.490. The van der Waals surface area contributed by atoms with Gasteiger partial charge in [-0.2, -0.15) is 5.26 Å². The SMILES string of the molecule is CCOc1cc(C=C(C#N)c2ccc([N+](=O)[O-])cc2)ccc1OCc1c(Cl)ccc(Cl)c1Cl. The molecule has 168 valence electrons. The van der Waals surface area contributed by atoms with E-state index in [1.165, 1.54) is 24.3 Å². The topological polar surface area (TPSA) is 85.4 Å². The van der Waals surface area contributed by atoms with Crippen LogP contribution in [0.1, 0.15) is 23.6 Å². The number of nitriles is 1. The van der Waals surface area contributed by atoms with Crippen LogP contribution in [0.3, 0.4) is 0 Å². The van der Waals surface area contributed by atoms with Crippen molar-refractivity contribution in [3.63, 3.8) is 0 Å². The molecule has 0 unspecified atom stereocenters. The highest BCUT2D eigenvalue weighted by molar-refractivity contribution is 6.44. The van der Waals surface area contributed by atoms with Crippen LogP contribution in [0, 0.1) is 21.4 Å². The van der Waals surface area contributed by atoms with Crippen molar-refractivity contribution < 1.29 is 14.4 Å². The van der Waals surface area contributed by atoms with Crippen molar-refractivity contribution in [3.05, 3.63) is 96.5 Å². The summed E-state index contributed by atoms with van der Waals surface area (Å²) in [4.78, 5) is 10.4. The Bertz CT molecular complexity index is 1250. The molecule has 0 bridgehead atoms. The maximum atomic E-state index is 10.9. The number of hydrogen-bond donors (Lipinski definition) is 0. The van der Waals surface area contributed by atoms with Gasteiger partial charge in [0.2, 0.25) is 0 Å². The molecule has 0 amide bonds. The van der Waals surface area contributed by atoms with Gasteiger partial charge in [-0.15, -0.1) is 0 Å². The first-order valence-corrected chi connectivity index (χ1v) is 10.9. The molecule has 0 aliphatic rings. The van der Waals surface area contributed by atoms with E-state index >= 15 is 0 Å². The molecule has 0 saturated carbocycles. The zero-order chi connectivity index (χ0) is 24.0. The van der Waals surface area contributed by atoms with Crippen LogP contribution >= 0.6 is 34.8 Å². The quantitative estimate of drug-likeness (QED) is 0.104. The maximum Gasteiger partial charge on any atom is 0.269 e. The molecule has 33 heavy (non-hydrogen) atoms. The highest BCUT2D eigenvalue weighted by atomic mass is 35.5. The summed E-state index contributed by atoms with van der Waals surface area (Å²) in [5.74, 6) is 0.941. The number of allylic oxidation sites excluding steroid dienone is 1. The molecule has 0 radical (unpaired) electrons. The first-order valence-electron chi connectivity index (χ1n) is 9.72. The standard InChI is InChI=1S/C24H17Cl3N2O4/c1-2-32-23-12-15(11-17(13-28)16-4-6-18(7-5-16)29(30)31)3-10-22(23)33-14-19-20(25)8-9-21(26)24(19)27/h3-12H,2,14H2,1H3. The van der Waals surface area contributed by atoms with Gasteiger partial charge in [0.05, 0.1) is 33.2 Å². The van der Waals surface area contributed by atoms with Crippen molar-refractivity contribution in [2.75, 3.05) is 6.61 Å². The van der Waals surface area contributed by atoms with Crippen LogP contribution in [-0.2, 0) is 6.61 Å². The predicted molar refractivity (Wildman–Crippen MR) is 130 cm³/mol. The van der Waals surface area contributed by atoms with Crippen LogP contribution in [0.5, 0.6) is 11.5 Å². The molecule has 0 aromatic heterocycles. The number of nitro benzene ring substituents is 1. The van der Waals surface area contributed by atoms with E-state index in [4.69, 9.17) is 44.3 Å². The summed E-state index contributed by atoms with van der Waals surface area (Å²) >= 11 is 18.5. The summed E-state index contributed by atoms with van der Waals surface area (Å²) in [6.45, 7) is 2.32. The summed E-state index contributed by atoms with van der Waals surface area (Å²) < 4.78 is 11.6. The Morgan fingerprint density at radius 2 is 1.73 bits per heavy atom. The normalized spacial score (nSPS) is 11.1. The zero-order valence-corrected chi connectivity index (χ0v) is 19.6. The van der Waals surface area contributed by atoms with E-state index in [1.54, 1.807) is 36.4 Å². The van der Waals surface area contributed by atoms with Crippen LogP contribution in [0.25, 0.3) is 11.6 Å². The van der Waals surface area contributed by atoms with E-state index in [-0.39, 0.29) is 12.3 Å². The van der Waals surface area contributed by atoms with E-state index in [0.29, 0.717) is 55.4 Å². The van der Waals surface area contributed by atoms with E-state index in [9.17, 15) is 15.4 Å². The van der Waals surface area contributed by atoms with Gasteiger partial charge in [-0.05, 0) is 60.5 Å². The first kappa shape index (κ1) is 24.4. The third kappa shape index (κ3) is 5.96. The Labute approximate surface area is 205 Å². The Hall–Kier alpha value is -3.24. The lowest BCUT2D eigenvalue weighted by atomic mass is 10.0. The maximum absolute atomic E-state index is 10.9. The number of nitro groups is 1. The Balaban J connectivity index is 1.88. The third-order valence-corrected chi connectivity index (χ3v) is 5.80. The third-order valence-electron chi connectivity index (χ3n) is 4.60. The molecule has 3 aromatic carbocycles. The molecule has 3 rings (SSSR count). The van der Waals surface area contributed by atoms with E-state index < -0.39 is 4.92 Å². The summed E-state index contributed by atoms with van der Waals surface area (Å²) in [7, 11) is 0. The number of nitrogens with zero attached hydrogens (tertiary/aromatic N) is 2. The summed E-state index contributed by atoms with van der Waals surface area (Å²) in [6, 6.07) is 16.4. The average Bonchev–Trinajstić information content (AvgIpc) is 2.81. The number of rotatable bonds is 8. The molecule has 3 aromatic rings. The Kier molecular flexibility index (Phi) is 8.18. The summed E-state index contributed by atoms with van der Waals surface area (Å²) in [5, 5.41) is 21.6. The van der Waals surface area contributed by atoms with Crippen molar-refractivity contribution in [1.29, 1.82) is 5.26 Å². The fourth-order valence-corrected chi connectivity index (χ4v) is 3.62. The van der Waals surface area contributed by atoms with Crippen molar-refractivity contribution in [3.8, 4) is 17.6 Å². The second-order valence-electron chi connectivity index (χ2n) is 6.72. The van der Waals surface area contributed by atoms with Gasteiger partial charge in [0.25, 0.3) is 5.69 Å². The Morgan fingerprint density at radius 3 is 2.36 bits per heavy atom. The average molecular weight is 504 g/mol. The highest BCUT2D eigenvalue weighted by Crippen LogP contribution is 2.35. The molecular formula is C24H17Cl3N2O4. The summed E-state index contributed by atoms with van der Waals surface area (Å²) in [5.41, 5.74) is 2.11. The second kappa shape index (κ2) is 11.1. The minimum Gasteiger partial charge on any atom is -0.490 e. The lowest BCUT2D eigenvalue weighted by Crippen LogP contribution is -2.01. The smallest absolute Gasteiger partial charge is 0.269 e. The highest BCUT2D eigenvalue weighted by Gasteiger charge is 2.13. The van der Waals surface area contributed by atoms with Gasteiger partial charge in [0.15, 0.2) is 11.5 Å². The van der Waals surface area contributed by atoms with E-state index in [1.807, 2.05) is 6.92 Å². The molecule has 6 nitrogen and oxygen atoms in total. The molecule has 0 aliphatic heterocycles. The van der Waals surface area contributed by atoms with Gasteiger partial charge in [0, 0.05) is 22.7 Å². The molecule has 0 fully saturated rings. The van der Waals surface area contributed by atoms with Gasteiger partial charge >= 0.3 is 0 Å². The zero-order valence-electron chi connectivity index (χ0n) is 17.3. The van der Waals surface area contributed by atoms with Crippen LogP contribution in [0.4, 0.5) is 5.69 Å². The van der Waals surface area contributed by atoms with Crippen molar-refractivity contribution in [2.45, 2.75) is 13.5 Å². The lowest BCUT2D eigenvalue weighted by molar-refractivity contribution is -0.384. The lowest BCUT2D eigenvalue weighted by Gasteiger charge is -2.14. The number of benzene rings is 3. The van der Waals surface area contributed by atoms with Crippen molar-refractivity contribution >= 4 is 52.1 Å². The molecule has 9 heteroatoms. The van der Waals surface area contributed by atoms with Crippen molar-refractivity contribution in [2.24, 2.45) is 0 Å². The van der Waals surface area contributed by atoms with Gasteiger partial charge in [0.1, 0.15) is 6.61 Å². The fourth-order valence-electron chi connectivity index (χ4n) is 2.96. The monoisotopic (exact) mass is 502 g/mol. The number of halogens is 3. The molecule has 0 heterocycles. The molecule has 0 atom stereocenters.